The van der Waals surface area contributed by atoms with E-state index in [9.17, 15) is 13.2 Å². The largest absolute Gasteiger partial charge is 0.379 e. The van der Waals surface area contributed by atoms with Gasteiger partial charge >= 0.3 is 0 Å². The lowest BCUT2D eigenvalue weighted by atomic mass is 10.0. The van der Waals surface area contributed by atoms with E-state index in [4.69, 9.17) is 11.2 Å². The van der Waals surface area contributed by atoms with Crippen LogP contribution < -0.4 is 5.32 Å². The number of carbonyl (C=O) groups excluding carboxylic acids is 1. The number of sulfonamides is 1. The Balaban J connectivity index is 1.64. The maximum Gasteiger partial charge on any atom is 0.220 e. The molecule has 1 N–H and O–H groups in total. The van der Waals surface area contributed by atoms with Crippen LogP contribution in [0.25, 0.3) is 0 Å². The number of carbonyl (C=O) groups is 1. The summed E-state index contributed by atoms with van der Waals surface area (Å²) in [4.78, 5) is 11.8. The molecule has 23 heavy (non-hydrogen) atoms. The normalized spacial score (nSPS) is 20.0. The SMILES string of the molecule is C#CCCC1(CCC(=O)NCCS(=O)(=O)N2CCOCC2)N=N1. The zero-order valence-corrected chi connectivity index (χ0v) is 13.8. The van der Waals surface area contributed by atoms with E-state index >= 15 is 0 Å². The Morgan fingerprint density at radius 1 is 1.30 bits per heavy atom. The standard InChI is InChI=1S/C14H22N4O4S/c1-2-3-5-14(16-17-14)6-4-13(19)15-7-12-23(20,21)18-8-10-22-11-9-18/h1H,3-12H2,(H,15,19). The Morgan fingerprint density at radius 3 is 2.61 bits per heavy atom. The summed E-state index contributed by atoms with van der Waals surface area (Å²) in [6.45, 7) is 1.68. The van der Waals surface area contributed by atoms with Crippen LogP contribution in [0.5, 0.6) is 0 Å². The minimum atomic E-state index is -3.34. The monoisotopic (exact) mass is 342 g/mol. The highest BCUT2D eigenvalue weighted by atomic mass is 32.2. The number of amides is 1. The predicted octanol–water partition coefficient (Wildman–Crippen LogP) is 0.120. The maximum atomic E-state index is 12.1. The van der Waals surface area contributed by atoms with Crippen molar-refractivity contribution >= 4 is 15.9 Å². The molecule has 8 nitrogen and oxygen atoms in total. The average molecular weight is 342 g/mol. The number of rotatable bonds is 9. The third-order valence-electron chi connectivity index (χ3n) is 3.85. The summed E-state index contributed by atoms with van der Waals surface area (Å²) in [6.07, 6.45) is 7.21. The van der Waals surface area contributed by atoms with Crippen molar-refractivity contribution < 1.29 is 17.9 Å². The van der Waals surface area contributed by atoms with Gasteiger partial charge in [-0.2, -0.15) is 14.5 Å². The summed E-state index contributed by atoms with van der Waals surface area (Å²) in [5.74, 6) is 2.24. The Kier molecular flexibility index (Phi) is 6.10. The van der Waals surface area contributed by atoms with Crippen LogP contribution in [-0.2, 0) is 19.6 Å². The lowest BCUT2D eigenvalue weighted by Gasteiger charge is -2.26. The number of hydrogen-bond donors (Lipinski definition) is 1. The summed E-state index contributed by atoms with van der Waals surface area (Å²) < 4.78 is 30.7. The van der Waals surface area contributed by atoms with Crippen molar-refractivity contribution in [2.75, 3.05) is 38.6 Å². The van der Waals surface area contributed by atoms with Crippen molar-refractivity contribution in [3.05, 3.63) is 0 Å². The molecule has 2 heterocycles. The zero-order chi connectivity index (χ0) is 16.8. The first-order valence-electron chi connectivity index (χ1n) is 7.67. The van der Waals surface area contributed by atoms with Crippen molar-refractivity contribution in [2.45, 2.75) is 31.3 Å². The molecular formula is C14H22N4O4S. The molecule has 0 saturated carbocycles. The Bertz CT molecular complexity index is 584. The molecule has 0 radical (unpaired) electrons. The number of morpholine rings is 1. The molecule has 1 amide bonds. The number of nitrogens with one attached hydrogen (secondary N) is 1. The van der Waals surface area contributed by atoms with Crippen LogP contribution >= 0.6 is 0 Å². The highest BCUT2D eigenvalue weighted by molar-refractivity contribution is 7.89. The van der Waals surface area contributed by atoms with Gasteiger partial charge in [0.15, 0.2) is 5.66 Å². The fourth-order valence-electron chi connectivity index (χ4n) is 2.34. The van der Waals surface area contributed by atoms with Gasteiger partial charge in [0.25, 0.3) is 0 Å². The number of nitrogens with zero attached hydrogens (tertiary/aromatic N) is 3. The second-order valence-corrected chi connectivity index (χ2v) is 7.65. The Labute approximate surface area is 136 Å². The smallest absolute Gasteiger partial charge is 0.220 e. The molecule has 0 aliphatic carbocycles. The number of ether oxygens (including phenoxy) is 1. The third-order valence-corrected chi connectivity index (χ3v) is 5.72. The molecule has 2 aliphatic rings. The number of terminal acetylenes is 1. The molecule has 0 aromatic heterocycles. The van der Waals surface area contributed by atoms with E-state index in [1.807, 2.05) is 0 Å². The summed E-state index contributed by atoms with van der Waals surface area (Å²) in [7, 11) is -3.34. The van der Waals surface area contributed by atoms with Gasteiger partial charge in [0.2, 0.25) is 15.9 Å². The van der Waals surface area contributed by atoms with Crippen molar-refractivity contribution in [3.63, 3.8) is 0 Å². The second kappa shape index (κ2) is 7.86. The van der Waals surface area contributed by atoms with Crippen LogP contribution in [0.1, 0.15) is 25.7 Å². The van der Waals surface area contributed by atoms with Crippen molar-refractivity contribution in [1.82, 2.24) is 9.62 Å². The highest BCUT2D eigenvalue weighted by Gasteiger charge is 2.39. The van der Waals surface area contributed by atoms with Crippen LogP contribution in [0.2, 0.25) is 0 Å². The highest BCUT2D eigenvalue weighted by Crippen LogP contribution is 2.37. The molecule has 0 atom stereocenters. The molecule has 0 bridgehead atoms. The van der Waals surface area contributed by atoms with Gasteiger partial charge in [-0.15, -0.1) is 12.3 Å². The van der Waals surface area contributed by atoms with E-state index in [-0.39, 0.29) is 24.6 Å². The summed E-state index contributed by atoms with van der Waals surface area (Å²) in [5, 5.41) is 10.6. The average Bonchev–Trinajstić information content (AvgIpc) is 3.32. The Morgan fingerprint density at radius 2 is 2.00 bits per heavy atom. The van der Waals surface area contributed by atoms with Gasteiger partial charge in [0, 0.05) is 45.3 Å². The van der Waals surface area contributed by atoms with Crippen molar-refractivity contribution in [3.8, 4) is 12.3 Å². The molecule has 1 fully saturated rings. The first kappa shape index (κ1) is 17.8. The van der Waals surface area contributed by atoms with Crippen LogP contribution in [0.15, 0.2) is 10.2 Å². The van der Waals surface area contributed by atoms with Gasteiger partial charge in [-0.25, -0.2) is 8.42 Å². The summed E-state index contributed by atoms with van der Waals surface area (Å²) in [6, 6.07) is 0. The maximum absolute atomic E-state index is 12.1. The molecule has 2 rings (SSSR count). The Hall–Kier alpha value is -1.50. The van der Waals surface area contributed by atoms with Crippen molar-refractivity contribution in [1.29, 1.82) is 0 Å². The van der Waals surface area contributed by atoms with Crippen LogP contribution in [0.3, 0.4) is 0 Å². The van der Waals surface area contributed by atoms with E-state index in [0.717, 1.165) is 0 Å². The zero-order valence-electron chi connectivity index (χ0n) is 13.0. The molecule has 128 valence electrons. The second-order valence-electron chi connectivity index (χ2n) is 5.56. The quantitative estimate of drug-likeness (QED) is 0.601. The van der Waals surface area contributed by atoms with Gasteiger partial charge < -0.3 is 10.1 Å². The molecule has 0 aromatic rings. The third kappa shape index (κ3) is 5.57. The summed E-state index contributed by atoms with van der Waals surface area (Å²) in [5.41, 5.74) is -0.483. The molecule has 0 aromatic carbocycles. The fourth-order valence-corrected chi connectivity index (χ4v) is 3.67. The van der Waals surface area contributed by atoms with Gasteiger partial charge in [-0.05, 0) is 0 Å². The van der Waals surface area contributed by atoms with E-state index in [2.05, 4.69) is 21.5 Å². The van der Waals surface area contributed by atoms with Crippen LogP contribution in [-0.4, -0.2) is 62.9 Å². The minimum absolute atomic E-state index is 0.101. The van der Waals surface area contributed by atoms with Crippen LogP contribution in [0, 0.1) is 12.3 Å². The van der Waals surface area contributed by atoms with E-state index < -0.39 is 15.7 Å². The van der Waals surface area contributed by atoms with Gasteiger partial charge in [-0.3, -0.25) is 4.79 Å². The number of hydrogen-bond acceptors (Lipinski definition) is 6. The molecule has 0 unspecified atom stereocenters. The molecular weight excluding hydrogens is 320 g/mol. The molecule has 1 saturated heterocycles. The van der Waals surface area contributed by atoms with E-state index in [0.29, 0.717) is 45.6 Å². The van der Waals surface area contributed by atoms with Crippen molar-refractivity contribution in [2.24, 2.45) is 10.2 Å². The minimum Gasteiger partial charge on any atom is -0.379 e. The van der Waals surface area contributed by atoms with Crippen LogP contribution in [0.4, 0.5) is 0 Å². The summed E-state index contributed by atoms with van der Waals surface area (Å²) >= 11 is 0. The predicted molar refractivity (Wildman–Crippen MR) is 84.1 cm³/mol. The molecule has 9 heteroatoms. The van der Waals surface area contributed by atoms with E-state index in [1.54, 1.807) is 0 Å². The lowest BCUT2D eigenvalue weighted by Crippen LogP contribution is -2.43. The van der Waals surface area contributed by atoms with Gasteiger partial charge in [0.1, 0.15) is 0 Å². The first-order chi connectivity index (χ1) is 11.0. The van der Waals surface area contributed by atoms with Gasteiger partial charge in [0.05, 0.1) is 19.0 Å². The van der Waals surface area contributed by atoms with Gasteiger partial charge in [-0.1, -0.05) is 0 Å². The first-order valence-corrected chi connectivity index (χ1v) is 9.28. The lowest BCUT2D eigenvalue weighted by molar-refractivity contribution is -0.121. The topological polar surface area (TPSA) is 100 Å². The van der Waals surface area contributed by atoms with E-state index in [1.165, 1.54) is 4.31 Å². The molecule has 0 spiro atoms. The molecule has 2 aliphatic heterocycles. The fraction of sp³-hybridized carbons (Fsp3) is 0.786.